The van der Waals surface area contributed by atoms with E-state index in [0.29, 0.717) is 31.2 Å². The molecule has 1 aliphatic heterocycles. The molecule has 2 aromatic carbocycles. The van der Waals surface area contributed by atoms with Crippen LogP contribution >= 0.6 is 12.4 Å². The van der Waals surface area contributed by atoms with Crippen LogP contribution in [0.3, 0.4) is 0 Å². The van der Waals surface area contributed by atoms with Gasteiger partial charge >= 0.3 is 0 Å². The molecule has 1 heterocycles. The lowest BCUT2D eigenvalue weighted by molar-refractivity contribution is -0.117. The number of anilines is 2. The molecule has 0 saturated carbocycles. The van der Waals surface area contributed by atoms with E-state index in [1.54, 1.807) is 0 Å². The first kappa shape index (κ1) is 24.8. The number of halogens is 1. The Balaban J connectivity index is 0.00000341. The van der Waals surface area contributed by atoms with E-state index in [0.717, 1.165) is 31.9 Å². The molecule has 0 radical (unpaired) electrons. The monoisotopic (exact) mass is 447 g/mol. The second-order valence-electron chi connectivity index (χ2n) is 7.63. The fourth-order valence-corrected chi connectivity index (χ4v) is 3.74. The van der Waals surface area contributed by atoms with Gasteiger partial charge in [-0.25, -0.2) is 0 Å². The number of hydrogen-bond donors (Lipinski definition) is 1. The van der Waals surface area contributed by atoms with Crippen molar-refractivity contribution in [3.63, 3.8) is 0 Å². The molecule has 1 N–H and O–H groups in total. The number of amides is 1. The molecule has 1 amide bonds. The summed E-state index contributed by atoms with van der Waals surface area (Å²) in [5, 5.41) is 3.00. The van der Waals surface area contributed by atoms with Crippen LogP contribution in [0, 0.1) is 13.8 Å². The summed E-state index contributed by atoms with van der Waals surface area (Å²) in [7, 11) is 0. The molecule has 0 unspecified atom stereocenters. The normalized spacial score (nSPS) is 14.0. The Labute approximate surface area is 191 Å². The van der Waals surface area contributed by atoms with Gasteiger partial charge in [0, 0.05) is 37.9 Å². The van der Waals surface area contributed by atoms with Gasteiger partial charge in [0.05, 0.1) is 25.4 Å². The van der Waals surface area contributed by atoms with Gasteiger partial charge < -0.3 is 19.7 Å². The number of aryl methyl sites for hydroxylation is 2. The maximum Gasteiger partial charge on any atom is 0.238 e. The molecule has 1 saturated heterocycles. The zero-order valence-electron chi connectivity index (χ0n) is 18.9. The van der Waals surface area contributed by atoms with Gasteiger partial charge in [0.2, 0.25) is 5.91 Å². The maximum atomic E-state index is 12.7. The van der Waals surface area contributed by atoms with Gasteiger partial charge in [0.1, 0.15) is 11.5 Å². The number of nitrogens with one attached hydrogen (secondary N) is 1. The Morgan fingerprint density at radius 3 is 2.35 bits per heavy atom. The molecule has 1 fully saturated rings. The van der Waals surface area contributed by atoms with Crippen LogP contribution in [0.25, 0.3) is 0 Å². The highest BCUT2D eigenvalue weighted by Gasteiger charge is 2.21. The summed E-state index contributed by atoms with van der Waals surface area (Å²) in [5.74, 6) is 1.34. The molecule has 31 heavy (non-hydrogen) atoms. The fraction of sp³-hybridized carbons (Fsp3) is 0.458. The summed E-state index contributed by atoms with van der Waals surface area (Å²) in [4.78, 5) is 17.3. The third-order valence-corrected chi connectivity index (χ3v) is 5.28. The van der Waals surface area contributed by atoms with Crippen LogP contribution in [-0.4, -0.2) is 56.7 Å². The molecular formula is C24H34ClN3O3. The molecule has 2 aromatic rings. The zero-order chi connectivity index (χ0) is 21.5. The SMILES string of the molecule is CCOc1ccc(OCC)c(NC(=O)CN2CCN(c3cc(C)ccc3C)CC2)c1.Cl. The molecular weight excluding hydrogens is 414 g/mol. The van der Waals surface area contributed by atoms with Crippen LogP contribution in [0.4, 0.5) is 11.4 Å². The minimum absolute atomic E-state index is 0. The number of rotatable bonds is 8. The molecule has 170 valence electrons. The highest BCUT2D eigenvalue weighted by Crippen LogP contribution is 2.29. The van der Waals surface area contributed by atoms with Crippen molar-refractivity contribution in [1.82, 2.24) is 4.90 Å². The van der Waals surface area contributed by atoms with E-state index < -0.39 is 0 Å². The van der Waals surface area contributed by atoms with Gasteiger partial charge in [0.25, 0.3) is 0 Å². The van der Waals surface area contributed by atoms with E-state index in [1.807, 2.05) is 32.0 Å². The molecule has 0 spiro atoms. The van der Waals surface area contributed by atoms with Crippen molar-refractivity contribution >= 4 is 29.7 Å². The van der Waals surface area contributed by atoms with Gasteiger partial charge in [-0.05, 0) is 57.0 Å². The van der Waals surface area contributed by atoms with Crippen LogP contribution in [0.1, 0.15) is 25.0 Å². The summed E-state index contributed by atoms with van der Waals surface area (Å²) >= 11 is 0. The third kappa shape index (κ3) is 6.77. The number of piperazine rings is 1. The van der Waals surface area contributed by atoms with Crippen LogP contribution in [0.2, 0.25) is 0 Å². The van der Waals surface area contributed by atoms with Gasteiger partial charge in [-0.15, -0.1) is 12.4 Å². The largest absolute Gasteiger partial charge is 0.494 e. The van der Waals surface area contributed by atoms with Crippen molar-refractivity contribution in [2.45, 2.75) is 27.7 Å². The lowest BCUT2D eigenvalue weighted by Crippen LogP contribution is -2.48. The molecule has 0 aliphatic carbocycles. The minimum Gasteiger partial charge on any atom is -0.494 e. The first-order chi connectivity index (χ1) is 14.5. The predicted molar refractivity (Wildman–Crippen MR) is 129 cm³/mol. The molecule has 3 rings (SSSR count). The molecule has 6 nitrogen and oxygen atoms in total. The Bertz CT molecular complexity index is 867. The van der Waals surface area contributed by atoms with Crippen LogP contribution in [-0.2, 0) is 4.79 Å². The van der Waals surface area contributed by atoms with Crippen molar-refractivity contribution in [3.8, 4) is 11.5 Å². The van der Waals surface area contributed by atoms with E-state index in [2.05, 4.69) is 47.2 Å². The van der Waals surface area contributed by atoms with Crippen LogP contribution < -0.4 is 19.7 Å². The standard InChI is InChI=1S/C24H33N3O3.ClH/c1-5-29-20-9-10-23(30-6-2)21(16-20)25-24(28)17-26-11-13-27(14-12-26)22-15-18(3)7-8-19(22)4;/h7-10,15-16H,5-6,11-14,17H2,1-4H3,(H,25,28);1H. The molecule has 0 bridgehead atoms. The zero-order valence-corrected chi connectivity index (χ0v) is 19.8. The number of benzene rings is 2. The summed E-state index contributed by atoms with van der Waals surface area (Å²) in [6.45, 7) is 13.2. The average Bonchev–Trinajstić information content (AvgIpc) is 2.73. The van der Waals surface area contributed by atoms with Gasteiger partial charge in [0.15, 0.2) is 0 Å². The first-order valence-electron chi connectivity index (χ1n) is 10.7. The van der Waals surface area contributed by atoms with Crippen molar-refractivity contribution < 1.29 is 14.3 Å². The minimum atomic E-state index is -0.0372. The quantitative estimate of drug-likeness (QED) is 0.654. The lowest BCUT2D eigenvalue weighted by atomic mass is 10.1. The van der Waals surface area contributed by atoms with E-state index in [4.69, 9.17) is 9.47 Å². The van der Waals surface area contributed by atoms with Crippen molar-refractivity contribution in [1.29, 1.82) is 0 Å². The Morgan fingerprint density at radius 2 is 1.68 bits per heavy atom. The second kappa shape index (κ2) is 11.8. The number of carbonyl (C=O) groups is 1. The smallest absolute Gasteiger partial charge is 0.238 e. The summed E-state index contributed by atoms with van der Waals surface area (Å²) in [6.07, 6.45) is 0. The number of nitrogens with zero attached hydrogens (tertiary/aromatic N) is 2. The van der Waals surface area contributed by atoms with Crippen molar-refractivity contribution in [3.05, 3.63) is 47.5 Å². The third-order valence-electron chi connectivity index (χ3n) is 5.28. The van der Waals surface area contributed by atoms with Gasteiger partial charge in [-0.3, -0.25) is 9.69 Å². The maximum absolute atomic E-state index is 12.7. The van der Waals surface area contributed by atoms with Crippen LogP contribution in [0.15, 0.2) is 36.4 Å². The molecule has 0 aromatic heterocycles. The Hall–Kier alpha value is -2.44. The topological polar surface area (TPSA) is 54.0 Å². The summed E-state index contributed by atoms with van der Waals surface area (Å²) in [6, 6.07) is 12.1. The molecule has 0 atom stereocenters. The Morgan fingerprint density at radius 1 is 0.968 bits per heavy atom. The van der Waals surface area contributed by atoms with E-state index in [9.17, 15) is 4.79 Å². The highest BCUT2D eigenvalue weighted by molar-refractivity contribution is 5.94. The molecule has 1 aliphatic rings. The van der Waals surface area contributed by atoms with E-state index in [1.165, 1.54) is 16.8 Å². The van der Waals surface area contributed by atoms with E-state index in [-0.39, 0.29) is 18.3 Å². The van der Waals surface area contributed by atoms with Crippen LogP contribution in [0.5, 0.6) is 11.5 Å². The summed E-state index contributed by atoms with van der Waals surface area (Å²) in [5.41, 5.74) is 4.52. The number of ether oxygens (including phenoxy) is 2. The second-order valence-corrected chi connectivity index (χ2v) is 7.63. The fourth-order valence-electron chi connectivity index (χ4n) is 3.74. The average molecular weight is 448 g/mol. The first-order valence-corrected chi connectivity index (χ1v) is 10.7. The molecule has 7 heteroatoms. The lowest BCUT2D eigenvalue weighted by Gasteiger charge is -2.36. The predicted octanol–water partition coefficient (Wildman–Crippen LogP) is 4.28. The summed E-state index contributed by atoms with van der Waals surface area (Å²) < 4.78 is 11.2. The van der Waals surface area contributed by atoms with Crippen molar-refractivity contribution in [2.24, 2.45) is 0 Å². The highest BCUT2D eigenvalue weighted by atomic mass is 35.5. The van der Waals surface area contributed by atoms with Gasteiger partial charge in [-0.2, -0.15) is 0 Å². The van der Waals surface area contributed by atoms with Crippen molar-refractivity contribution in [2.75, 3.05) is 56.2 Å². The van der Waals surface area contributed by atoms with E-state index >= 15 is 0 Å². The number of carbonyl (C=O) groups excluding carboxylic acids is 1. The number of hydrogen-bond acceptors (Lipinski definition) is 5. The van der Waals surface area contributed by atoms with Gasteiger partial charge in [-0.1, -0.05) is 12.1 Å². The Kier molecular flexibility index (Phi) is 9.46.